The van der Waals surface area contributed by atoms with Gasteiger partial charge in [-0.2, -0.15) is 0 Å². The number of carbonyl (C=O) groups is 1. The summed E-state index contributed by atoms with van der Waals surface area (Å²) >= 11 is 0. The maximum Gasteiger partial charge on any atom is 0.338 e. The summed E-state index contributed by atoms with van der Waals surface area (Å²) in [4.78, 5) is 12.7. The SMILES string of the molecule is C[C@]12CCCC[C@@H]1CC[C@H]1[C@H]2CC[C@]2(C)[C@@H](OC(=O)c3ccccc3)CC[C@H]12. The van der Waals surface area contributed by atoms with Crippen LogP contribution < -0.4 is 0 Å². The predicted molar refractivity (Wildman–Crippen MR) is 112 cm³/mol. The maximum absolute atomic E-state index is 12.7. The molecule has 0 saturated heterocycles. The van der Waals surface area contributed by atoms with Crippen molar-refractivity contribution in [1.82, 2.24) is 0 Å². The Labute approximate surface area is 170 Å². The van der Waals surface area contributed by atoms with Crippen LogP contribution in [-0.4, -0.2) is 12.1 Å². The Balaban J connectivity index is 1.35. The fourth-order valence-corrected chi connectivity index (χ4v) is 8.21. The largest absolute Gasteiger partial charge is 0.458 e. The van der Waals surface area contributed by atoms with E-state index in [0.29, 0.717) is 11.0 Å². The molecule has 0 aromatic heterocycles. The first kappa shape index (κ1) is 18.7. The van der Waals surface area contributed by atoms with Crippen LogP contribution in [-0.2, 0) is 4.74 Å². The molecule has 1 aromatic rings. The molecular weight excluding hydrogens is 344 g/mol. The Morgan fingerprint density at radius 2 is 1.64 bits per heavy atom. The van der Waals surface area contributed by atoms with Gasteiger partial charge in [-0.1, -0.05) is 44.9 Å². The smallest absolute Gasteiger partial charge is 0.338 e. The van der Waals surface area contributed by atoms with E-state index in [0.717, 1.165) is 30.1 Å². The molecule has 0 unspecified atom stereocenters. The molecule has 0 radical (unpaired) electrons. The number of benzene rings is 1. The lowest BCUT2D eigenvalue weighted by molar-refractivity contribution is -0.122. The van der Waals surface area contributed by atoms with Gasteiger partial charge in [0.15, 0.2) is 0 Å². The van der Waals surface area contributed by atoms with Crippen LogP contribution in [0.3, 0.4) is 0 Å². The van der Waals surface area contributed by atoms with Gasteiger partial charge >= 0.3 is 5.97 Å². The molecule has 0 bridgehead atoms. The lowest BCUT2D eigenvalue weighted by atomic mass is 9.45. The van der Waals surface area contributed by atoms with Crippen molar-refractivity contribution in [3.63, 3.8) is 0 Å². The molecule has 4 saturated carbocycles. The average molecular weight is 381 g/mol. The first-order valence-corrected chi connectivity index (χ1v) is 11.8. The van der Waals surface area contributed by atoms with Gasteiger partial charge in [0.25, 0.3) is 0 Å². The van der Waals surface area contributed by atoms with Gasteiger partial charge in [-0.15, -0.1) is 0 Å². The lowest BCUT2D eigenvalue weighted by Crippen LogP contribution is -2.53. The van der Waals surface area contributed by atoms with E-state index in [-0.39, 0.29) is 17.5 Å². The van der Waals surface area contributed by atoms with Gasteiger partial charge in [0, 0.05) is 5.41 Å². The normalized spacial score (nSPS) is 44.9. The van der Waals surface area contributed by atoms with Crippen molar-refractivity contribution in [2.45, 2.75) is 84.2 Å². The quantitative estimate of drug-likeness (QED) is 0.537. The van der Waals surface area contributed by atoms with Gasteiger partial charge in [0.2, 0.25) is 0 Å². The van der Waals surface area contributed by atoms with E-state index in [2.05, 4.69) is 13.8 Å². The summed E-state index contributed by atoms with van der Waals surface area (Å²) in [7, 11) is 0. The Bertz CT molecular complexity index is 727. The van der Waals surface area contributed by atoms with Crippen molar-refractivity contribution in [3.8, 4) is 0 Å². The summed E-state index contributed by atoms with van der Waals surface area (Å²) < 4.78 is 6.14. The van der Waals surface area contributed by atoms with E-state index in [1.165, 1.54) is 57.8 Å². The van der Waals surface area contributed by atoms with Crippen LogP contribution in [0.25, 0.3) is 0 Å². The van der Waals surface area contributed by atoms with Crippen molar-refractivity contribution < 1.29 is 9.53 Å². The second kappa shape index (κ2) is 6.89. The highest BCUT2D eigenvalue weighted by Crippen LogP contribution is 2.66. The summed E-state index contributed by atoms with van der Waals surface area (Å²) in [5.41, 5.74) is 1.46. The number of hydrogen-bond acceptors (Lipinski definition) is 2. The van der Waals surface area contributed by atoms with Gasteiger partial charge in [-0.25, -0.2) is 4.79 Å². The second-order valence-electron chi connectivity index (χ2n) is 10.8. The highest BCUT2D eigenvalue weighted by Gasteiger charge is 2.60. The molecule has 2 nitrogen and oxygen atoms in total. The maximum atomic E-state index is 12.7. The average Bonchev–Trinajstić information content (AvgIpc) is 3.04. The van der Waals surface area contributed by atoms with Crippen LogP contribution in [0.15, 0.2) is 30.3 Å². The van der Waals surface area contributed by atoms with Crippen LogP contribution in [0.2, 0.25) is 0 Å². The molecule has 5 rings (SSSR count). The van der Waals surface area contributed by atoms with Crippen LogP contribution in [0.5, 0.6) is 0 Å². The van der Waals surface area contributed by atoms with Gasteiger partial charge in [0.05, 0.1) is 5.56 Å². The summed E-state index contributed by atoms with van der Waals surface area (Å²) in [6, 6.07) is 9.54. The zero-order valence-corrected chi connectivity index (χ0v) is 17.7. The topological polar surface area (TPSA) is 26.3 Å². The molecule has 0 N–H and O–H groups in total. The third-order valence-corrected chi connectivity index (χ3v) is 9.76. The Morgan fingerprint density at radius 3 is 2.46 bits per heavy atom. The lowest BCUT2D eigenvalue weighted by Gasteiger charge is -2.60. The van der Waals surface area contributed by atoms with Gasteiger partial charge in [-0.05, 0) is 92.6 Å². The fraction of sp³-hybridized carbons (Fsp3) is 0.731. The number of hydrogen-bond donors (Lipinski definition) is 0. The minimum absolute atomic E-state index is 0.100. The van der Waals surface area contributed by atoms with Crippen LogP contribution >= 0.6 is 0 Å². The molecule has 4 aliphatic rings. The number of esters is 1. The molecule has 0 spiro atoms. The van der Waals surface area contributed by atoms with Crippen LogP contribution in [0.4, 0.5) is 0 Å². The monoisotopic (exact) mass is 380 g/mol. The van der Waals surface area contributed by atoms with Crippen LogP contribution in [0, 0.1) is 34.5 Å². The number of rotatable bonds is 2. The van der Waals surface area contributed by atoms with Crippen LogP contribution in [0.1, 0.15) is 88.4 Å². The highest BCUT2D eigenvalue weighted by molar-refractivity contribution is 5.89. The third-order valence-electron chi connectivity index (χ3n) is 9.76. The number of carbonyl (C=O) groups excluding carboxylic acids is 1. The van der Waals surface area contributed by atoms with Crippen molar-refractivity contribution in [2.75, 3.05) is 0 Å². The minimum Gasteiger partial charge on any atom is -0.458 e. The summed E-state index contributed by atoms with van der Waals surface area (Å²) in [5, 5.41) is 0. The van der Waals surface area contributed by atoms with Crippen molar-refractivity contribution >= 4 is 5.97 Å². The standard InChI is InChI=1S/C26H36O2/c1-25-16-7-6-10-19(25)11-12-20-21-13-14-23(26(21,2)17-15-22(20)25)28-24(27)18-8-4-3-5-9-18/h3-5,8-9,19-23H,6-7,10-17H2,1-2H3/t19-,20-,21-,22-,23+,25+,26+/m1/s1. The summed E-state index contributed by atoms with van der Waals surface area (Å²) in [6.07, 6.45) is 13.7. The molecule has 4 fully saturated rings. The molecule has 0 amide bonds. The molecule has 1 aromatic carbocycles. The van der Waals surface area contributed by atoms with E-state index >= 15 is 0 Å². The molecule has 0 aliphatic heterocycles. The van der Waals surface area contributed by atoms with E-state index in [9.17, 15) is 4.79 Å². The Kier molecular flexibility index (Phi) is 4.60. The first-order chi connectivity index (χ1) is 13.5. The van der Waals surface area contributed by atoms with Gasteiger partial charge in [-0.3, -0.25) is 0 Å². The summed E-state index contributed by atoms with van der Waals surface area (Å²) in [5.74, 6) is 3.36. The Morgan fingerprint density at radius 1 is 0.857 bits per heavy atom. The van der Waals surface area contributed by atoms with Gasteiger partial charge < -0.3 is 4.74 Å². The summed E-state index contributed by atoms with van der Waals surface area (Å²) in [6.45, 7) is 5.08. The Hall–Kier alpha value is -1.31. The van der Waals surface area contributed by atoms with E-state index in [1.54, 1.807) is 0 Å². The number of ether oxygens (including phenoxy) is 1. The van der Waals surface area contributed by atoms with E-state index in [1.807, 2.05) is 30.3 Å². The molecule has 28 heavy (non-hydrogen) atoms. The zero-order valence-electron chi connectivity index (χ0n) is 17.7. The zero-order chi connectivity index (χ0) is 19.4. The minimum atomic E-state index is -0.127. The van der Waals surface area contributed by atoms with E-state index in [4.69, 9.17) is 4.74 Å². The molecule has 152 valence electrons. The molecule has 0 heterocycles. The molecule has 2 heteroatoms. The molecule has 4 aliphatic carbocycles. The highest BCUT2D eigenvalue weighted by atomic mass is 16.5. The molecular formula is C26H36O2. The first-order valence-electron chi connectivity index (χ1n) is 11.8. The van der Waals surface area contributed by atoms with Crippen molar-refractivity contribution in [2.24, 2.45) is 34.5 Å². The fourth-order valence-electron chi connectivity index (χ4n) is 8.21. The van der Waals surface area contributed by atoms with E-state index < -0.39 is 0 Å². The second-order valence-corrected chi connectivity index (χ2v) is 10.8. The molecule has 7 atom stereocenters. The van der Waals surface area contributed by atoms with Crippen molar-refractivity contribution in [1.29, 1.82) is 0 Å². The third kappa shape index (κ3) is 2.77. The predicted octanol–water partition coefficient (Wildman–Crippen LogP) is 6.64. The van der Waals surface area contributed by atoms with Gasteiger partial charge in [0.1, 0.15) is 6.10 Å². The number of fused-ring (bicyclic) bond motifs is 5. The van der Waals surface area contributed by atoms with Crippen molar-refractivity contribution in [3.05, 3.63) is 35.9 Å².